The van der Waals surface area contributed by atoms with E-state index in [2.05, 4.69) is 16.0 Å². The maximum Gasteiger partial charge on any atom is 0.152 e. The molecule has 4 heteroatoms. The Morgan fingerprint density at radius 3 is 2.43 bits per heavy atom. The van der Waals surface area contributed by atoms with E-state index in [9.17, 15) is 4.79 Å². The predicted molar refractivity (Wildman–Crippen MR) is 90.8 cm³/mol. The first-order valence-corrected chi connectivity index (χ1v) is 7.48. The van der Waals surface area contributed by atoms with Gasteiger partial charge in [-0.2, -0.15) is 0 Å². The Morgan fingerprint density at radius 1 is 1.00 bits per heavy atom. The summed E-state index contributed by atoms with van der Waals surface area (Å²) in [4.78, 5) is 18.3. The van der Waals surface area contributed by atoms with Crippen LogP contribution in [-0.2, 0) is 4.74 Å². The second-order valence-electron chi connectivity index (χ2n) is 5.52. The van der Waals surface area contributed by atoms with Crippen LogP contribution in [0.25, 0.3) is 21.8 Å². The summed E-state index contributed by atoms with van der Waals surface area (Å²) in [6.45, 7) is 0. The number of aldehydes is 1. The van der Waals surface area contributed by atoms with Crippen LogP contribution in [0.2, 0.25) is 0 Å². The summed E-state index contributed by atoms with van der Waals surface area (Å²) in [5.74, 6) is 0. The van der Waals surface area contributed by atoms with E-state index in [0.717, 1.165) is 39.3 Å². The lowest BCUT2D eigenvalue weighted by Gasteiger charge is -2.14. The number of aromatic nitrogens is 2. The van der Waals surface area contributed by atoms with Crippen LogP contribution in [0.4, 0.5) is 0 Å². The molecular formula is C19H16N2O2. The lowest BCUT2D eigenvalue weighted by Crippen LogP contribution is -2.06. The summed E-state index contributed by atoms with van der Waals surface area (Å²) >= 11 is 0. The van der Waals surface area contributed by atoms with Crippen molar-refractivity contribution in [3.8, 4) is 0 Å². The number of carbonyl (C=O) groups is 1. The van der Waals surface area contributed by atoms with E-state index >= 15 is 0 Å². The number of methoxy groups -OCH3 is 1. The van der Waals surface area contributed by atoms with E-state index < -0.39 is 0 Å². The number of para-hydroxylation sites is 2. The molecule has 0 fully saturated rings. The van der Waals surface area contributed by atoms with Gasteiger partial charge in [-0.05, 0) is 12.1 Å². The monoisotopic (exact) mass is 304 g/mol. The molecule has 0 saturated heterocycles. The van der Waals surface area contributed by atoms with Gasteiger partial charge in [-0.25, -0.2) is 0 Å². The summed E-state index contributed by atoms with van der Waals surface area (Å²) in [5, 5.41) is 2.01. The zero-order valence-electron chi connectivity index (χ0n) is 12.7. The van der Waals surface area contributed by atoms with E-state index in [1.54, 1.807) is 7.11 Å². The molecule has 0 aliphatic rings. The number of hydrogen-bond donors (Lipinski definition) is 2. The van der Waals surface area contributed by atoms with Crippen molar-refractivity contribution in [2.45, 2.75) is 6.10 Å². The maximum atomic E-state index is 11.7. The highest BCUT2D eigenvalue weighted by Crippen LogP contribution is 2.34. The van der Waals surface area contributed by atoms with Gasteiger partial charge >= 0.3 is 0 Å². The fourth-order valence-electron chi connectivity index (χ4n) is 3.23. The molecule has 2 aromatic carbocycles. The molecule has 4 aromatic rings. The van der Waals surface area contributed by atoms with Crippen LogP contribution in [0.1, 0.15) is 27.7 Å². The van der Waals surface area contributed by atoms with Crippen LogP contribution in [-0.4, -0.2) is 23.4 Å². The number of carbonyl (C=O) groups excluding carboxylic acids is 1. The van der Waals surface area contributed by atoms with Gasteiger partial charge in [0, 0.05) is 46.2 Å². The summed E-state index contributed by atoms with van der Waals surface area (Å²) < 4.78 is 5.75. The van der Waals surface area contributed by atoms with E-state index in [1.165, 1.54) is 0 Å². The van der Waals surface area contributed by atoms with Gasteiger partial charge in [0.05, 0.1) is 5.69 Å². The van der Waals surface area contributed by atoms with Crippen molar-refractivity contribution in [1.82, 2.24) is 9.97 Å². The first kappa shape index (κ1) is 13.8. The largest absolute Gasteiger partial charge is 0.370 e. The molecule has 2 aromatic heterocycles. The third-order valence-corrected chi connectivity index (χ3v) is 4.30. The van der Waals surface area contributed by atoms with Gasteiger partial charge in [0.1, 0.15) is 6.10 Å². The highest BCUT2D eigenvalue weighted by molar-refractivity contribution is 5.99. The summed E-state index contributed by atoms with van der Waals surface area (Å²) in [5.41, 5.74) is 4.43. The molecule has 1 atom stereocenters. The van der Waals surface area contributed by atoms with Crippen molar-refractivity contribution < 1.29 is 9.53 Å². The van der Waals surface area contributed by atoms with Crippen molar-refractivity contribution in [2.24, 2.45) is 0 Å². The van der Waals surface area contributed by atoms with Crippen LogP contribution in [0.15, 0.2) is 54.7 Å². The first-order valence-electron chi connectivity index (χ1n) is 7.48. The predicted octanol–water partition coefficient (Wildman–Crippen LogP) is 4.20. The second-order valence-corrected chi connectivity index (χ2v) is 5.52. The normalized spacial score (nSPS) is 12.7. The average Bonchev–Trinajstić information content (AvgIpc) is 3.17. The Bertz CT molecular complexity index is 997. The van der Waals surface area contributed by atoms with E-state index in [0.29, 0.717) is 5.56 Å². The molecule has 0 amide bonds. The first-order chi connectivity index (χ1) is 11.3. The Morgan fingerprint density at radius 2 is 1.70 bits per heavy atom. The number of ether oxygens (including phenoxy) is 1. The van der Waals surface area contributed by atoms with Crippen LogP contribution >= 0.6 is 0 Å². The number of aromatic amines is 2. The molecule has 4 nitrogen and oxygen atoms in total. The molecule has 114 valence electrons. The molecule has 0 aliphatic carbocycles. The molecule has 0 spiro atoms. The van der Waals surface area contributed by atoms with Crippen LogP contribution in [0.5, 0.6) is 0 Å². The Hall–Kier alpha value is -2.85. The van der Waals surface area contributed by atoms with Crippen molar-refractivity contribution in [1.29, 1.82) is 0 Å². The van der Waals surface area contributed by atoms with Gasteiger partial charge in [0.25, 0.3) is 0 Å². The van der Waals surface area contributed by atoms with Gasteiger partial charge < -0.3 is 14.7 Å². The fourth-order valence-corrected chi connectivity index (χ4v) is 3.23. The second kappa shape index (κ2) is 5.41. The summed E-state index contributed by atoms with van der Waals surface area (Å²) in [6, 6.07) is 15.9. The van der Waals surface area contributed by atoms with Crippen LogP contribution in [0, 0.1) is 0 Å². The number of nitrogens with one attached hydrogen (secondary N) is 2. The van der Waals surface area contributed by atoms with Gasteiger partial charge in [-0.3, -0.25) is 4.79 Å². The topological polar surface area (TPSA) is 57.9 Å². The third-order valence-electron chi connectivity index (χ3n) is 4.30. The van der Waals surface area contributed by atoms with Crippen molar-refractivity contribution in [2.75, 3.05) is 7.11 Å². The molecule has 2 heterocycles. The Balaban J connectivity index is 1.95. The molecule has 0 saturated carbocycles. The van der Waals surface area contributed by atoms with Crippen molar-refractivity contribution >= 4 is 28.1 Å². The molecule has 2 N–H and O–H groups in total. The lowest BCUT2D eigenvalue weighted by atomic mass is 10.0. The molecule has 1 unspecified atom stereocenters. The third kappa shape index (κ3) is 2.07. The van der Waals surface area contributed by atoms with Crippen molar-refractivity contribution in [3.05, 3.63) is 71.5 Å². The highest BCUT2D eigenvalue weighted by atomic mass is 16.5. The Kier molecular flexibility index (Phi) is 3.24. The van der Waals surface area contributed by atoms with Gasteiger partial charge in [0.15, 0.2) is 6.29 Å². The Labute approximate surface area is 133 Å². The minimum Gasteiger partial charge on any atom is -0.370 e. The molecule has 23 heavy (non-hydrogen) atoms. The van der Waals surface area contributed by atoms with E-state index in [-0.39, 0.29) is 6.10 Å². The van der Waals surface area contributed by atoms with Gasteiger partial charge in [-0.1, -0.05) is 36.4 Å². The highest BCUT2D eigenvalue weighted by Gasteiger charge is 2.23. The minimum atomic E-state index is -0.334. The molecule has 0 aliphatic heterocycles. The number of rotatable bonds is 4. The quantitative estimate of drug-likeness (QED) is 0.555. The van der Waals surface area contributed by atoms with E-state index in [1.807, 2.05) is 48.7 Å². The standard InChI is InChI=1S/C19H16N2O2/c1-23-19(14-10-20-16-8-4-2-6-12(14)16)18-15(11-22)13-7-3-5-9-17(13)21-18/h2-11,19-21H,1H3. The van der Waals surface area contributed by atoms with Gasteiger partial charge in [0.2, 0.25) is 0 Å². The van der Waals surface area contributed by atoms with Gasteiger partial charge in [-0.15, -0.1) is 0 Å². The van der Waals surface area contributed by atoms with E-state index in [4.69, 9.17) is 4.74 Å². The summed E-state index contributed by atoms with van der Waals surface area (Å²) in [7, 11) is 1.66. The number of fused-ring (bicyclic) bond motifs is 2. The SMILES string of the molecule is COC(c1[nH]c2ccccc2c1C=O)c1c[nH]c2ccccc12. The van der Waals surface area contributed by atoms with Crippen LogP contribution < -0.4 is 0 Å². The molecule has 0 bridgehead atoms. The number of H-pyrrole nitrogens is 2. The maximum absolute atomic E-state index is 11.7. The number of benzene rings is 2. The lowest BCUT2D eigenvalue weighted by molar-refractivity contribution is 0.110. The molecule has 4 rings (SSSR count). The average molecular weight is 304 g/mol. The smallest absolute Gasteiger partial charge is 0.152 e. The zero-order valence-corrected chi connectivity index (χ0v) is 12.7. The minimum absolute atomic E-state index is 0.334. The molecular weight excluding hydrogens is 288 g/mol. The van der Waals surface area contributed by atoms with Crippen molar-refractivity contribution in [3.63, 3.8) is 0 Å². The zero-order chi connectivity index (χ0) is 15.8. The fraction of sp³-hybridized carbons (Fsp3) is 0.105. The number of hydrogen-bond acceptors (Lipinski definition) is 2. The molecule has 0 radical (unpaired) electrons. The summed E-state index contributed by atoms with van der Waals surface area (Å²) in [6.07, 6.45) is 2.51. The van der Waals surface area contributed by atoms with Crippen LogP contribution in [0.3, 0.4) is 0 Å².